The van der Waals surface area contributed by atoms with E-state index >= 15 is 38.4 Å². The van der Waals surface area contributed by atoms with E-state index in [0.29, 0.717) is 58.0 Å². The van der Waals surface area contributed by atoms with Crippen molar-refractivity contribution in [1.82, 2.24) is 60.5 Å². The van der Waals surface area contributed by atoms with Crippen LogP contribution < -0.4 is 21.3 Å². The zero-order valence-electron chi connectivity index (χ0n) is 64.6. The molecule has 2 aliphatic heterocycles. The third kappa shape index (κ3) is 25.7. The SMILES string of the molecule is CCCCN1CC(=O)N(C)[C@@H](CC2CCCCC2)C(=O)N(C)[C@@H](CC(C)C)C(=O)N[C@@H](CC(C)C)C(=O)N(C)[C@@H](CC(C)C)C(=O)N[C@H](C(=O)N2CCCCC2)CC(=O)N(C)CC(=O)N(C)[C@@H](CC(C)C)C(=O)N[C@@H](CC2CCC(O)C(OC)C2)C(=O)N(C)[C@@H](CC)C(=O)N[C@@H]([C@@H](C)O)C1=O. The molecule has 0 radical (unpaired) electrons. The fourth-order valence-corrected chi connectivity index (χ4v) is 14.7. The maximum absolute atomic E-state index is 15.5. The number of likely N-dealkylation sites (N-methyl/N-ethyl adjacent to an activating group) is 6. The highest BCUT2D eigenvalue weighted by Crippen LogP contribution is 2.33. The third-order valence-electron chi connectivity index (χ3n) is 21.0. The normalized spacial score (nSPS) is 28.5. The van der Waals surface area contributed by atoms with Gasteiger partial charge in [0.15, 0.2) is 0 Å². The maximum atomic E-state index is 15.5. The van der Waals surface area contributed by atoms with Gasteiger partial charge in [0.2, 0.25) is 70.9 Å². The van der Waals surface area contributed by atoms with Crippen LogP contribution >= 0.6 is 0 Å². The molecule has 2 saturated heterocycles. The van der Waals surface area contributed by atoms with Gasteiger partial charge in [0.05, 0.1) is 37.8 Å². The van der Waals surface area contributed by atoms with Gasteiger partial charge in [-0.3, -0.25) is 57.5 Å². The lowest BCUT2D eigenvalue weighted by molar-refractivity contribution is -0.152. The summed E-state index contributed by atoms with van der Waals surface area (Å²) in [5.41, 5.74) is 0. The van der Waals surface area contributed by atoms with Crippen LogP contribution in [-0.2, 0) is 62.3 Å². The smallest absolute Gasteiger partial charge is 0.248 e. The van der Waals surface area contributed by atoms with Crippen LogP contribution in [0.4, 0.5) is 0 Å². The molecular formula is C74H130N12O15. The molecule has 12 amide bonds. The van der Waals surface area contributed by atoms with Crippen LogP contribution in [0.2, 0.25) is 0 Å². The van der Waals surface area contributed by atoms with Gasteiger partial charge in [-0.15, -0.1) is 0 Å². The summed E-state index contributed by atoms with van der Waals surface area (Å²) in [6.45, 7) is 19.5. The topological polar surface area (TPSA) is 329 Å². The van der Waals surface area contributed by atoms with Crippen molar-refractivity contribution in [2.45, 2.75) is 284 Å². The minimum atomic E-state index is -1.64. The maximum Gasteiger partial charge on any atom is 0.248 e. The van der Waals surface area contributed by atoms with E-state index in [0.717, 1.165) is 43.4 Å². The van der Waals surface area contributed by atoms with Gasteiger partial charge >= 0.3 is 0 Å². The highest BCUT2D eigenvalue weighted by Gasteiger charge is 2.44. The lowest BCUT2D eigenvalue weighted by atomic mass is 9.81. The minimum absolute atomic E-state index is 0.00413. The number of likely N-dealkylation sites (tertiary alicyclic amines) is 1. The molecule has 2 heterocycles. The first-order valence-electron chi connectivity index (χ1n) is 37.7. The van der Waals surface area contributed by atoms with E-state index in [1.54, 1.807) is 11.8 Å². The largest absolute Gasteiger partial charge is 0.391 e. The zero-order chi connectivity index (χ0) is 75.9. The van der Waals surface area contributed by atoms with E-state index in [9.17, 15) is 29.4 Å². The first-order valence-corrected chi connectivity index (χ1v) is 37.7. The van der Waals surface area contributed by atoms with Crippen LogP contribution in [0.25, 0.3) is 0 Å². The molecule has 0 aromatic carbocycles. The lowest BCUT2D eigenvalue weighted by Crippen LogP contribution is -2.61. The summed E-state index contributed by atoms with van der Waals surface area (Å²) in [6.07, 6.45) is 6.07. The van der Waals surface area contributed by atoms with Crippen molar-refractivity contribution >= 4 is 70.9 Å². The summed E-state index contributed by atoms with van der Waals surface area (Å²) >= 11 is 0. The van der Waals surface area contributed by atoms with E-state index in [-0.39, 0.29) is 87.0 Å². The monoisotopic (exact) mass is 1430 g/mol. The number of aliphatic hydroxyl groups excluding tert-OH is 2. The molecule has 576 valence electrons. The molecule has 27 heteroatoms. The highest BCUT2D eigenvalue weighted by atomic mass is 16.5. The molecule has 0 aromatic rings. The Morgan fingerprint density at radius 3 is 1.50 bits per heavy atom. The number of hydrogen-bond donors (Lipinski definition) is 6. The predicted octanol–water partition coefficient (Wildman–Crippen LogP) is 4.08. The molecule has 4 aliphatic rings. The number of amides is 12. The summed E-state index contributed by atoms with van der Waals surface area (Å²) in [5, 5.41) is 33.7. The summed E-state index contributed by atoms with van der Waals surface area (Å²) in [4.78, 5) is 190. The number of nitrogens with zero attached hydrogens (tertiary/aromatic N) is 8. The van der Waals surface area contributed by atoms with Gasteiger partial charge in [0.1, 0.15) is 54.4 Å². The van der Waals surface area contributed by atoms with Crippen LogP contribution in [0, 0.1) is 35.5 Å². The molecule has 4 fully saturated rings. The van der Waals surface area contributed by atoms with Gasteiger partial charge in [0.25, 0.3) is 0 Å². The molecule has 3 unspecified atom stereocenters. The highest BCUT2D eigenvalue weighted by molar-refractivity contribution is 6.00. The van der Waals surface area contributed by atoms with E-state index < -0.39 is 163 Å². The van der Waals surface area contributed by atoms with Gasteiger partial charge in [-0.05, 0) is 132 Å². The fraction of sp³-hybridized carbons (Fsp3) is 0.838. The molecule has 0 aromatic heterocycles. The number of nitrogens with one attached hydrogen (secondary N) is 4. The van der Waals surface area contributed by atoms with E-state index in [1.165, 1.54) is 85.7 Å². The average Bonchev–Trinajstić information content (AvgIpc) is 0.820. The predicted molar refractivity (Wildman–Crippen MR) is 384 cm³/mol. The Balaban J connectivity index is 1.96. The van der Waals surface area contributed by atoms with Crippen LogP contribution in [-0.4, -0.2) is 275 Å². The Kier molecular flexibility index (Phi) is 35.9. The molecule has 2 aliphatic carbocycles. The zero-order valence-corrected chi connectivity index (χ0v) is 64.6. The second-order valence-electron chi connectivity index (χ2n) is 31.2. The Morgan fingerprint density at radius 2 is 0.980 bits per heavy atom. The van der Waals surface area contributed by atoms with Gasteiger partial charge in [-0.25, -0.2) is 0 Å². The number of carbonyl (C=O) groups excluding carboxylic acids is 12. The number of ether oxygens (including phenoxy) is 1. The van der Waals surface area contributed by atoms with Gasteiger partial charge in [-0.2, -0.15) is 0 Å². The number of piperidine rings is 1. The Labute approximate surface area is 602 Å². The molecular weight excluding hydrogens is 1300 g/mol. The summed E-state index contributed by atoms with van der Waals surface area (Å²) < 4.78 is 5.63. The number of methoxy groups -OCH3 is 1. The van der Waals surface area contributed by atoms with Crippen molar-refractivity contribution in [3.63, 3.8) is 0 Å². The minimum Gasteiger partial charge on any atom is -0.391 e. The van der Waals surface area contributed by atoms with Crippen molar-refractivity contribution in [1.29, 1.82) is 0 Å². The van der Waals surface area contributed by atoms with Crippen molar-refractivity contribution in [3.8, 4) is 0 Å². The van der Waals surface area contributed by atoms with Crippen molar-refractivity contribution < 1.29 is 72.5 Å². The molecule has 0 spiro atoms. The average molecular weight is 1430 g/mol. The van der Waals surface area contributed by atoms with Crippen molar-refractivity contribution in [3.05, 3.63) is 0 Å². The second-order valence-corrected chi connectivity index (χ2v) is 31.2. The molecule has 27 nitrogen and oxygen atoms in total. The molecule has 2 saturated carbocycles. The van der Waals surface area contributed by atoms with Crippen LogP contribution in [0.15, 0.2) is 0 Å². The number of unbranched alkanes of at least 4 members (excludes halogenated alkanes) is 1. The number of rotatable bonds is 19. The summed E-state index contributed by atoms with van der Waals surface area (Å²) in [5.74, 6) is -9.06. The molecule has 4 rings (SSSR count). The number of aliphatic hydroxyl groups is 2. The second kappa shape index (κ2) is 41.7. The van der Waals surface area contributed by atoms with E-state index in [1.807, 2.05) is 62.3 Å². The number of hydrogen-bond acceptors (Lipinski definition) is 15. The van der Waals surface area contributed by atoms with Gasteiger partial charge in [0, 0.05) is 69.0 Å². The molecule has 6 N–H and O–H groups in total. The molecule has 0 bridgehead atoms. The quantitative estimate of drug-likeness (QED) is 0.106. The Morgan fingerprint density at radius 1 is 0.505 bits per heavy atom. The van der Waals surface area contributed by atoms with Crippen LogP contribution in [0.5, 0.6) is 0 Å². The molecule has 101 heavy (non-hydrogen) atoms. The Hall–Kier alpha value is -6.48. The van der Waals surface area contributed by atoms with Crippen molar-refractivity contribution in [2.24, 2.45) is 35.5 Å². The first kappa shape index (κ1) is 86.9. The Bertz CT molecular complexity index is 2760. The lowest BCUT2D eigenvalue weighted by Gasteiger charge is -2.39. The van der Waals surface area contributed by atoms with Crippen LogP contribution in [0.1, 0.15) is 211 Å². The fourth-order valence-electron chi connectivity index (χ4n) is 14.7. The number of carbonyl (C=O) groups is 12. The van der Waals surface area contributed by atoms with E-state index in [4.69, 9.17) is 4.74 Å². The van der Waals surface area contributed by atoms with Gasteiger partial charge in [-0.1, -0.05) is 108 Å². The van der Waals surface area contributed by atoms with Crippen LogP contribution in [0.3, 0.4) is 0 Å². The molecule has 13 atom stereocenters. The van der Waals surface area contributed by atoms with E-state index in [2.05, 4.69) is 21.3 Å². The summed E-state index contributed by atoms with van der Waals surface area (Å²) in [7, 11) is 10.1. The van der Waals surface area contributed by atoms with Gasteiger partial charge < -0.3 is 75.4 Å². The third-order valence-corrected chi connectivity index (χ3v) is 21.0. The first-order chi connectivity index (χ1) is 47.5. The standard InChI is InChI=1S/C74H130N12O15/c1-19-21-32-86-44-64(91)81(14)59(40-50-28-24-22-25-29-50)73(99)84(17)58(38-48(9)10)69(95)75-52(35-45(3)4)70(96)83(16)57(37-47(7)8)68(94)77-54(72(98)85-33-26-23-27-34-85)42-62(89)79(12)43-63(90)80(13)56(36-46(5)6)67(93)76-53(39-51-30-31-60(88)61(41-51)101-18)71(97)82(15)55(20-2)66(92)78-65(49(11)87)74(86)100/h45-61,65,87-88H,19-44H2,1-18H3,(H,75,95)(H,76,93)(H,77,94)(H,78,92)/t49-,51?,52+,53+,54+,55+,56+,57+,58+,59+,60?,61?,65+/m1/s1. The van der Waals surface area contributed by atoms with Crippen molar-refractivity contribution in [2.75, 3.05) is 82.1 Å². The summed E-state index contributed by atoms with van der Waals surface area (Å²) in [6, 6.07) is -11.7.